The standard InChI is InChI=1S/C19H15N3O4S/c1-24-12-7-11(8-13(9-12)25-2)18(23)22-17-4-3-16(27-17)19-21-14-5-6-20-10-15(14)26-19/h3-10H,1-2H3,(H,22,23). The first-order chi connectivity index (χ1) is 13.2. The van der Waals surface area contributed by atoms with Gasteiger partial charge in [-0.15, -0.1) is 11.3 Å². The molecule has 0 aliphatic rings. The number of ether oxygens (including phenoxy) is 2. The van der Waals surface area contributed by atoms with Crippen molar-refractivity contribution in [3.05, 3.63) is 54.4 Å². The highest BCUT2D eigenvalue weighted by molar-refractivity contribution is 7.19. The van der Waals surface area contributed by atoms with Crippen molar-refractivity contribution in [2.24, 2.45) is 0 Å². The molecule has 1 N–H and O–H groups in total. The topological polar surface area (TPSA) is 86.5 Å². The third-order valence-electron chi connectivity index (χ3n) is 3.86. The highest BCUT2D eigenvalue weighted by Crippen LogP contribution is 2.33. The number of hydrogen-bond donors (Lipinski definition) is 1. The Balaban J connectivity index is 1.56. The molecule has 0 atom stereocenters. The van der Waals surface area contributed by atoms with Gasteiger partial charge in [0.05, 0.1) is 30.3 Å². The lowest BCUT2D eigenvalue weighted by Gasteiger charge is -2.08. The maximum atomic E-state index is 12.6. The van der Waals surface area contributed by atoms with Crippen molar-refractivity contribution in [1.82, 2.24) is 9.97 Å². The molecule has 1 aromatic carbocycles. The van der Waals surface area contributed by atoms with Gasteiger partial charge in [-0.3, -0.25) is 9.78 Å². The molecule has 0 fully saturated rings. The molecule has 4 aromatic rings. The van der Waals surface area contributed by atoms with E-state index in [4.69, 9.17) is 13.9 Å². The molecule has 0 spiro atoms. The first-order valence-electron chi connectivity index (χ1n) is 8.01. The van der Waals surface area contributed by atoms with E-state index < -0.39 is 0 Å². The molecular weight excluding hydrogens is 366 g/mol. The van der Waals surface area contributed by atoms with Gasteiger partial charge >= 0.3 is 0 Å². The van der Waals surface area contributed by atoms with E-state index in [1.54, 1.807) is 36.7 Å². The molecule has 0 aliphatic heterocycles. The van der Waals surface area contributed by atoms with Crippen LogP contribution in [0.25, 0.3) is 21.9 Å². The van der Waals surface area contributed by atoms with Gasteiger partial charge in [-0.1, -0.05) is 0 Å². The minimum absolute atomic E-state index is 0.262. The van der Waals surface area contributed by atoms with E-state index in [0.717, 1.165) is 10.4 Å². The number of aromatic nitrogens is 2. The molecular formula is C19H15N3O4S. The van der Waals surface area contributed by atoms with Gasteiger partial charge in [0.25, 0.3) is 5.91 Å². The van der Waals surface area contributed by atoms with E-state index in [1.807, 2.05) is 12.1 Å². The zero-order chi connectivity index (χ0) is 18.8. The van der Waals surface area contributed by atoms with Gasteiger partial charge in [0.1, 0.15) is 17.0 Å². The molecule has 136 valence electrons. The maximum Gasteiger partial charge on any atom is 0.256 e. The van der Waals surface area contributed by atoms with Crippen LogP contribution < -0.4 is 14.8 Å². The molecule has 4 rings (SSSR count). The first kappa shape index (κ1) is 17.0. The maximum absolute atomic E-state index is 12.6. The number of carbonyl (C=O) groups excluding carboxylic acids is 1. The third-order valence-corrected chi connectivity index (χ3v) is 4.85. The number of thiophene rings is 1. The van der Waals surface area contributed by atoms with Crippen molar-refractivity contribution in [3.8, 4) is 22.3 Å². The predicted octanol–water partition coefficient (Wildman–Crippen LogP) is 4.22. The van der Waals surface area contributed by atoms with E-state index in [1.165, 1.54) is 25.6 Å². The van der Waals surface area contributed by atoms with Crippen molar-refractivity contribution in [2.75, 3.05) is 19.5 Å². The monoisotopic (exact) mass is 381 g/mol. The summed E-state index contributed by atoms with van der Waals surface area (Å²) < 4.78 is 16.1. The summed E-state index contributed by atoms with van der Waals surface area (Å²) in [4.78, 5) is 21.8. The van der Waals surface area contributed by atoms with Crippen LogP contribution >= 0.6 is 11.3 Å². The highest BCUT2D eigenvalue weighted by atomic mass is 32.1. The number of carbonyl (C=O) groups is 1. The largest absolute Gasteiger partial charge is 0.497 e. The number of hydrogen-bond acceptors (Lipinski definition) is 7. The van der Waals surface area contributed by atoms with E-state index in [0.29, 0.717) is 33.5 Å². The molecule has 0 saturated carbocycles. The Morgan fingerprint density at radius 3 is 2.59 bits per heavy atom. The van der Waals surface area contributed by atoms with Crippen molar-refractivity contribution in [1.29, 1.82) is 0 Å². The second kappa shape index (κ2) is 7.08. The molecule has 3 aromatic heterocycles. The lowest BCUT2D eigenvalue weighted by molar-refractivity contribution is 0.102. The number of methoxy groups -OCH3 is 2. The second-order valence-corrected chi connectivity index (χ2v) is 6.67. The molecule has 0 bridgehead atoms. The van der Waals surface area contributed by atoms with Crippen molar-refractivity contribution >= 4 is 33.3 Å². The number of fused-ring (bicyclic) bond motifs is 1. The van der Waals surface area contributed by atoms with Gasteiger partial charge in [0, 0.05) is 17.8 Å². The molecule has 7 nitrogen and oxygen atoms in total. The summed E-state index contributed by atoms with van der Waals surface area (Å²) in [7, 11) is 3.08. The number of nitrogens with zero attached hydrogens (tertiary/aromatic N) is 2. The summed E-state index contributed by atoms with van der Waals surface area (Å²) in [5.74, 6) is 1.33. The first-order valence-corrected chi connectivity index (χ1v) is 8.83. The van der Waals surface area contributed by atoms with Crippen LogP contribution in [0, 0.1) is 0 Å². The van der Waals surface area contributed by atoms with Crippen LogP contribution in [-0.2, 0) is 0 Å². The van der Waals surface area contributed by atoms with E-state index in [9.17, 15) is 4.79 Å². The van der Waals surface area contributed by atoms with E-state index in [-0.39, 0.29) is 5.91 Å². The Kier molecular flexibility index (Phi) is 4.47. The normalized spacial score (nSPS) is 10.7. The van der Waals surface area contributed by atoms with Crippen LogP contribution in [0.2, 0.25) is 0 Å². The van der Waals surface area contributed by atoms with Crippen LogP contribution in [0.15, 0.2) is 53.2 Å². The SMILES string of the molecule is COc1cc(OC)cc(C(=O)Nc2ccc(-c3nc4ccncc4o3)s2)c1. The molecule has 0 radical (unpaired) electrons. The van der Waals surface area contributed by atoms with Crippen molar-refractivity contribution < 1.29 is 18.7 Å². The average Bonchev–Trinajstić information content (AvgIpc) is 3.34. The molecule has 8 heteroatoms. The number of amides is 1. The zero-order valence-corrected chi connectivity index (χ0v) is 15.4. The van der Waals surface area contributed by atoms with Crippen molar-refractivity contribution in [3.63, 3.8) is 0 Å². The zero-order valence-electron chi connectivity index (χ0n) is 14.6. The molecule has 0 saturated heterocycles. The Morgan fingerprint density at radius 2 is 1.89 bits per heavy atom. The van der Waals surface area contributed by atoms with Crippen LogP contribution in [0.1, 0.15) is 10.4 Å². The summed E-state index contributed by atoms with van der Waals surface area (Å²) in [6.45, 7) is 0. The molecule has 3 heterocycles. The minimum Gasteiger partial charge on any atom is -0.497 e. The quantitative estimate of drug-likeness (QED) is 0.557. The predicted molar refractivity (Wildman–Crippen MR) is 103 cm³/mol. The average molecular weight is 381 g/mol. The van der Waals surface area contributed by atoms with Crippen LogP contribution in [0.4, 0.5) is 5.00 Å². The van der Waals surface area contributed by atoms with Crippen molar-refractivity contribution in [2.45, 2.75) is 0 Å². The highest BCUT2D eigenvalue weighted by Gasteiger charge is 2.14. The van der Waals surface area contributed by atoms with E-state index in [2.05, 4.69) is 15.3 Å². The number of benzene rings is 1. The number of oxazole rings is 1. The van der Waals surface area contributed by atoms with Crippen LogP contribution in [-0.4, -0.2) is 30.1 Å². The fraction of sp³-hybridized carbons (Fsp3) is 0.105. The number of nitrogens with one attached hydrogen (secondary N) is 1. The molecule has 27 heavy (non-hydrogen) atoms. The number of pyridine rings is 1. The third kappa shape index (κ3) is 3.47. The summed E-state index contributed by atoms with van der Waals surface area (Å²) in [6, 6.07) is 10.5. The molecule has 0 unspecified atom stereocenters. The van der Waals surface area contributed by atoms with Gasteiger partial charge in [0.2, 0.25) is 5.89 Å². The van der Waals surface area contributed by atoms with Gasteiger partial charge in [-0.2, -0.15) is 0 Å². The summed E-state index contributed by atoms with van der Waals surface area (Å²) in [5.41, 5.74) is 1.80. The number of anilines is 1. The summed E-state index contributed by atoms with van der Waals surface area (Å²) in [6.07, 6.45) is 3.29. The number of rotatable bonds is 5. The molecule has 0 aliphatic carbocycles. The Hall–Kier alpha value is -3.39. The molecule has 1 amide bonds. The fourth-order valence-corrected chi connectivity index (χ4v) is 3.36. The van der Waals surface area contributed by atoms with Gasteiger partial charge in [-0.25, -0.2) is 4.98 Å². The van der Waals surface area contributed by atoms with E-state index >= 15 is 0 Å². The minimum atomic E-state index is -0.262. The Labute approximate surface area is 158 Å². The summed E-state index contributed by atoms with van der Waals surface area (Å²) >= 11 is 1.37. The van der Waals surface area contributed by atoms with Crippen LogP contribution in [0.3, 0.4) is 0 Å². The Bertz CT molecular complexity index is 1060. The Morgan fingerprint density at radius 1 is 1.11 bits per heavy atom. The van der Waals surface area contributed by atoms with Gasteiger partial charge in [0.15, 0.2) is 5.58 Å². The van der Waals surface area contributed by atoms with Crippen LogP contribution in [0.5, 0.6) is 11.5 Å². The smallest absolute Gasteiger partial charge is 0.256 e. The van der Waals surface area contributed by atoms with Gasteiger partial charge < -0.3 is 19.2 Å². The summed E-state index contributed by atoms with van der Waals surface area (Å²) in [5, 5.41) is 3.55. The second-order valence-electron chi connectivity index (χ2n) is 5.58. The fourth-order valence-electron chi connectivity index (χ4n) is 2.53. The van der Waals surface area contributed by atoms with Gasteiger partial charge in [-0.05, 0) is 30.3 Å². The lowest BCUT2D eigenvalue weighted by atomic mass is 10.2. The lowest BCUT2D eigenvalue weighted by Crippen LogP contribution is -2.11.